The number of amides is 2. The Bertz CT molecular complexity index is 330. The highest BCUT2D eigenvalue weighted by molar-refractivity contribution is 5.86. The molecule has 0 bridgehead atoms. The second-order valence-corrected chi connectivity index (χ2v) is 4.61. The molecular weight excluding hydrogens is 236 g/mol. The lowest BCUT2D eigenvalue weighted by Crippen LogP contribution is -2.39. The molecule has 1 fully saturated rings. The molecule has 2 amide bonds. The number of carbonyl (C=O) groups excluding carboxylic acids is 2. The summed E-state index contributed by atoms with van der Waals surface area (Å²) in [6.45, 7) is 2.51. The molecule has 2 atom stereocenters. The van der Waals surface area contributed by atoms with Crippen LogP contribution in [0.25, 0.3) is 0 Å². The van der Waals surface area contributed by atoms with Gasteiger partial charge in [0, 0.05) is 12.5 Å². The SMILES string of the molecule is CCCNC(=O)CNC(=O)[C@@H]1CC[C@H](C(=O)O)C1. The van der Waals surface area contributed by atoms with Crippen LogP contribution in [0.3, 0.4) is 0 Å². The van der Waals surface area contributed by atoms with E-state index < -0.39 is 11.9 Å². The summed E-state index contributed by atoms with van der Waals surface area (Å²) in [5.74, 6) is -1.96. The molecule has 3 N–H and O–H groups in total. The Labute approximate surface area is 106 Å². The molecule has 6 nitrogen and oxygen atoms in total. The Hall–Kier alpha value is -1.59. The first kappa shape index (κ1) is 14.5. The first-order valence-electron chi connectivity index (χ1n) is 6.31. The number of nitrogens with one attached hydrogen (secondary N) is 2. The predicted molar refractivity (Wildman–Crippen MR) is 64.8 cm³/mol. The minimum atomic E-state index is -0.842. The van der Waals surface area contributed by atoms with Crippen LogP contribution >= 0.6 is 0 Å². The zero-order chi connectivity index (χ0) is 13.5. The normalized spacial score (nSPS) is 22.5. The fraction of sp³-hybridized carbons (Fsp3) is 0.750. The maximum Gasteiger partial charge on any atom is 0.306 e. The standard InChI is InChI=1S/C12H20N2O4/c1-2-5-13-10(15)7-14-11(16)8-3-4-9(6-8)12(17)18/h8-9H,2-7H2,1H3,(H,13,15)(H,14,16)(H,17,18)/t8-,9+/m1/s1. The van der Waals surface area contributed by atoms with Gasteiger partial charge in [0.15, 0.2) is 0 Å². The molecule has 0 aromatic carbocycles. The molecule has 1 aliphatic carbocycles. The van der Waals surface area contributed by atoms with Gasteiger partial charge in [0.25, 0.3) is 0 Å². The van der Waals surface area contributed by atoms with E-state index in [1.807, 2.05) is 6.92 Å². The largest absolute Gasteiger partial charge is 0.481 e. The zero-order valence-corrected chi connectivity index (χ0v) is 10.6. The first-order valence-corrected chi connectivity index (χ1v) is 6.31. The van der Waals surface area contributed by atoms with Crippen molar-refractivity contribution in [3.63, 3.8) is 0 Å². The van der Waals surface area contributed by atoms with Crippen LogP contribution in [0.5, 0.6) is 0 Å². The van der Waals surface area contributed by atoms with Gasteiger partial charge in [-0.3, -0.25) is 14.4 Å². The molecule has 1 aliphatic rings. The van der Waals surface area contributed by atoms with Gasteiger partial charge in [0.1, 0.15) is 0 Å². The molecule has 0 saturated heterocycles. The van der Waals surface area contributed by atoms with Crippen LogP contribution in [0.4, 0.5) is 0 Å². The third-order valence-electron chi connectivity index (χ3n) is 3.15. The average molecular weight is 256 g/mol. The van der Waals surface area contributed by atoms with Gasteiger partial charge in [-0.25, -0.2) is 0 Å². The van der Waals surface area contributed by atoms with E-state index in [1.165, 1.54) is 0 Å². The van der Waals surface area contributed by atoms with E-state index in [9.17, 15) is 14.4 Å². The van der Waals surface area contributed by atoms with Crippen molar-refractivity contribution in [1.29, 1.82) is 0 Å². The van der Waals surface area contributed by atoms with Crippen molar-refractivity contribution in [1.82, 2.24) is 10.6 Å². The van der Waals surface area contributed by atoms with Crippen molar-refractivity contribution in [3.8, 4) is 0 Å². The topological polar surface area (TPSA) is 95.5 Å². The molecule has 18 heavy (non-hydrogen) atoms. The molecule has 0 aromatic rings. The summed E-state index contributed by atoms with van der Waals surface area (Å²) in [4.78, 5) is 33.7. The van der Waals surface area contributed by atoms with Crippen LogP contribution in [0.2, 0.25) is 0 Å². The lowest BCUT2D eigenvalue weighted by Gasteiger charge is -2.10. The molecule has 0 aromatic heterocycles. The molecule has 6 heteroatoms. The van der Waals surface area contributed by atoms with Crippen molar-refractivity contribution < 1.29 is 19.5 Å². The fourth-order valence-corrected chi connectivity index (χ4v) is 2.08. The molecule has 102 valence electrons. The predicted octanol–water partition coefficient (Wildman–Crippen LogP) is 0.130. The highest BCUT2D eigenvalue weighted by atomic mass is 16.4. The summed E-state index contributed by atoms with van der Waals surface area (Å²) >= 11 is 0. The number of carboxylic acid groups (broad SMARTS) is 1. The Morgan fingerprint density at radius 3 is 2.39 bits per heavy atom. The molecule has 0 spiro atoms. The molecule has 0 radical (unpaired) electrons. The molecule has 1 saturated carbocycles. The highest BCUT2D eigenvalue weighted by Crippen LogP contribution is 2.30. The van der Waals surface area contributed by atoms with Crippen LogP contribution in [0, 0.1) is 11.8 Å². The molecule has 0 heterocycles. The van der Waals surface area contributed by atoms with E-state index in [0.717, 1.165) is 6.42 Å². The quantitative estimate of drug-likeness (QED) is 0.629. The van der Waals surface area contributed by atoms with E-state index in [1.54, 1.807) is 0 Å². The average Bonchev–Trinajstić information content (AvgIpc) is 2.83. The van der Waals surface area contributed by atoms with E-state index >= 15 is 0 Å². The van der Waals surface area contributed by atoms with Crippen LogP contribution in [-0.2, 0) is 14.4 Å². The summed E-state index contributed by atoms with van der Waals surface area (Å²) in [5.41, 5.74) is 0. The van der Waals surface area contributed by atoms with Gasteiger partial charge in [-0.2, -0.15) is 0 Å². The fourth-order valence-electron chi connectivity index (χ4n) is 2.08. The molecule has 0 aliphatic heterocycles. The van der Waals surface area contributed by atoms with Gasteiger partial charge < -0.3 is 15.7 Å². The van der Waals surface area contributed by atoms with Gasteiger partial charge in [0.2, 0.25) is 11.8 Å². The minimum absolute atomic E-state index is 0.0347. The first-order chi connectivity index (χ1) is 8.54. The van der Waals surface area contributed by atoms with Gasteiger partial charge in [-0.1, -0.05) is 6.92 Å². The maximum absolute atomic E-state index is 11.7. The smallest absolute Gasteiger partial charge is 0.306 e. The van der Waals surface area contributed by atoms with Crippen molar-refractivity contribution in [3.05, 3.63) is 0 Å². The molecule has 0 unspecified atom stereocenters. The summed E-state index contributed by atoms with van der Waals surface area (Å²) in [6.07, 6.45) is 2.34. The molecular formula is C12H20N2O4. The van der Waals surface area contributed by atoms with Crippen molar-refractivity contribution in [2.24, 2.45) is 11.8 Å². The van der Waals surface area contributed by atoms with Crippen molar-refractivity contribution in [2.45, 2.75) is 32.6 Å². The lowest BCUT2D eigenvalue weighted by molar-refractivity contribution is -0.141. The monoisotopic (exact) mass is 256 g/mol. The zero-order valence-electron chi connectivity index (χ0n) is 10.6. The number of rotatable bonds is 6. The third-order valence-corrected chi connectivity index (χ3v) is 3.15. The lowest BCUT2D eigenvalue weighted by atomic mass is 10.0. The summed E-state index contributed by atoms with van der Waals surface area (Å²) in [6, 6.07) is 0. The summed E-state index contributed by atoms with van der Waals surface area (Å²) in [7, 11) is 0. The van der Waals surface area contributed by atoms with Gasteiger partial charge in [-0.15, -0.1) is 0 Å². The Morgan fingerprint density at radius 1 is 1.17 bits per heavy atom. The number of carboxylic acids is 1. The number of hydrogen-bond donors (Lipinski definition) is 3. The minimum Gasteiger partial charge on any atom is -0.481 e. The van der Waals surface area contributed by atoms with Gasteiger partial charge in [0.05, 0.1) is 12.5 Å². The third kappa shape index (κ3) is 4.35. The van der Waals surface area contributed by atoms with Gasteiger partial charge >= 0.3 is 5.97 Å². The second kappa shape index (κ2) is 6.98. The van der Waals surface area contributed by atoms with Crippen LogP contribution in [-0.4, -0.2) is 36.0 Å². The Morgan fingerprint density at radius 2 is 1.83 bits per heavy atom. The van der Waals surface area contributed by atoms with E-state index in [4.69, 9.17) is 5.11 Å². The summed E-state index contributed by atoms with van der Waals surface area (Å²) < 4.78 is 0. The van der Waals surface area contributed by atoms with E-state index in [0.29, 0.717) is 25.8 Å². The number of hydrogen-bond acceptors (Lipinski definition) is 3. The van der Waals surface area contributed by atoms with Crippen LogP contribution in [0.15, 0.2) is 0 Å². The number of aliphatic carboxylic acids is 1. The molecule has 1 rings (SSSR count). The second-order valence-electron chi connectivity index (χ2n) is 4.61. The van der Waals surface area contributed by atoms with E-state index in [-0.39, 0.29) is 24.3 Å². The van der Waals surface area contributed by atoms with E-state index in [2.05, 4.69) is 10.6 Å². The highest BCUT2D eigenvalue weighted by Gasteiger charge is 2.33. The van der Waals surface area contributed by atoms with Crippen molar-refractivity contribution >= 4 is 17.8 Å². The van der Waals surface area contributed by atoms with Crippen LogP contribution in [0.1, 0.15) is 32.6 Å². The van der Waals surface area contributed by atoms with Crippen LogP contribution < -0.4 is 10.6 Å². The summed E-state index contributed by atoms with van der Waals surface area (Å²) in [5, 5.41) is 14.0. The Kier molecular flexibility index (Phi) is 5.61. The number of carbonyl (C=O) groups is 3. The Balaban J connectivity index is 2.25. The maximum atomic E-state index is 11.7. The van der Waals surface area contributed by atoms with Gasteiger partial charge in [-0.05, 0) is 25.7 Å². The van der Waals surface area contributed by atoms with Crippen molar-refractivity contribution in [2.75, 3.05) is 13.1 Å².